The van der Waals surface area contributed by atoms with Crippen LogP contribution in [-0.2, 0) is 0 Å². The van der Waals surface area contributed by atoms with Crippen molar-refractivity contribution in [2.75, 3.05) is 5.32 Å². The Hall–Kier alpha value is -1.90. The number of phenolic OH excluding ortho intramolecular Hbond substituents is 1. The predicted octanol–water partition coefficient (Wildman–Crippen LogP) is 4.08. The van der Waals surface area contributed by atoms with Crippen molar-refractivity contribution in [3.63, 3.8) is 0 Å². The lowest BCUT2D eigenvalue weighted by Gasteiger charge is -2.16. The van der Waals surface area contributed by atoms with E-state index in [0.717, 1.165) is 28.3 Å². The first-order chi connectivity index (χ1) is 8.49. The molecule has 0 fully saturated rings. The highest BCUT2D eigenvalue weighted by molar-refractivity contribution is 5.59. The summed E-state index contributed by atoms with van der Waals surface area (Å²) in [6.45, 7) is 7.77. The van der Waals surface area contributed by atoms with Crippen LogP contribution < -0.4 is 5.32 Å². The minimum absolute atomic E-state index is 0.0690. The van der Waals surface area contributed by atoms with Gasteiger partial charge >= 0.3 is 0 Å². The Bertz CT molecular complexity index is 558. The summed E-state index contributed by atoms with van der Waals surface area (Å²) in [4.78, 5) is 0. The van der Waals surface area contributed by atoms with Gasteiger partial charge in [0, 0.05) is 11.3 Å². The largest absolute Gasteiger partial charge is 0.507 e. The van der Waals surface area contributed by atoms with E-state index in [0.29, 0.717) is 5.75 Å². The highest BCUT2D eigenvalue weighted by Crippen LogP contribution is 2.30. The number of furan rings is 1. The molecule has 96 valence electrons. The van der Waals surface area contributed by atoms with Crippen molar-refractivity contribution in [3.8, 4) is 5.75 Å². The molecule has 0 aliphatic carbocycles. The highest BCUT2D eigenvalue weighted by Gasteiger charge is 2.12. The second kappa shape index (κ2) is 4.77. The Labute approximate surface area is 107 Å². The molecule has 1 aromatic carbocycles. The molecule has 18 heavy (non-hydrogen) atoms. The third-order valence-electron chi connectivity index (χ3n) is 3.19. The summed E-state index contributed by atoms with van der Waals surface area (Å²) in [5, 5.41) is 13.3. The van der Waals surface area contributed by atoms with Crippen LogP contribution in [0.3, 0.4) is 0 Å². The van der Waals surface area contributed by atoms with Crippen molar-refractivity contribution in [1.29, 1.82) is 0 Å². The molecule has 1 heterocycles. The normalized spacial score (nSPS) is 12.4. The first-order valence-electron chi connectivity index (χ1n) is 6.11. The average Bonchev–Trinajstić information content (AvgIpc) is 2.77. The number of aromatic hydroxyl groups is 1. The molecule has 1 aromatic heterocycles. The number of hydrogen-bond acceptors (Lipinski definition) is 3. The lowest BCUT2D eigenvalue weighted by molar-refractivity contribution is 0.463. The van der Waals surface area contributed by atoms with Crippen LogP contribution in [0.25, 0.3) is 0 Å². The molecule has 0 saturated carbocycles. The number of phenols is 1. The summed E-state index contributed by atoms with van der Waals surface area (Å²) in [5.41, 5.74) is 2.68. The summed E-state index contributed by atoms with van der Waals surface area (Å²) < 4.78 is 5.59. The zero-order chi connectivity index (χ0) is 13.3. The van der Waals surface area contributed by atoms with E-state index < -0.39 is 0 Å². The lowest BCUT2D eigenvalue weighted by atomic mass is 10.1. The number of nitrogens with one attached hydrogen (secondary N) is 1. The zero-order valence-corrected chi connectivity index (χ0v) is 11.2. The monoisotopic (exact) mass is 245 g/mol. The van der Waals surface area contributed by atoms with Gasteiger partial charge in [-0.3, -0.25) is 0 Å². The van der Waals surface area contributed by atoms with Crippen molar-refractivity contribution < 1.29 is 9.52 Å². The molecule has 0 aliphatic heterocycles. The Morgan fingerprint density at radius 2 is 1.83 bits per heavy atom. The molecule has 2 rings (SSSR count). The van der Waals surface area contributed by atoms with Gasteiger partial charge in [0.05, 0.1) is 6.04 Å². The van der Waals surface area contributed by atoms with Crippen LogP contribution in [0, 0.1) is 20.8 Å². The minimum Gasteiger partial charge on any atom is -0.507 e. The fourth-order valence-electron chi connectivity index (χ4n) is 1.98. The van der Waals surface area contributed by atoms with E-state index in [2.05, 4.69) is 5.32 Å². The van der Waals surface area contributed by atoms with Crippen LogP contribution in [0.4, 0.5) is 5.69 Å². The van der Waals surface area contributed by atoms with Crippen LogP contribution in [-0.4, -0.2) is 5.11 Å². The van der Waals surface area contributed by atoms with Gasteiger partial charge in [0.15, 0.2) is 0 Å². The van der Waals surface area contributed by atoms with Gasteiger partial charge < -0.3 is 14.8 Å². The fraction of sp³-hybridized carbons (Fsp3) is 0.333. The topological polar surface area (TPSA) is 45.4 Å². The van der Waals surface area contributed by atoms with E-state index in [-0.39, 0.29) is 6.04 Å². The minimum atomic E-state index is 0.0690. The first-order valence-corrected chi connectivity index (χ1v) is 6.11. The van der Waals surface area contributed by atoms with E-state index in [1.807, 2.05) is 52.0 Å². The molecule has 3 heteroatoms. The number of anilines is 1. The Morgan fingerprint density at radius 3 is 2.44 bits per heavy atom. The summed E-state index contributed by atoms with van der Waals surface area (Å²) in [6.07, 6.45) is 0. The molecule has 1 unspecified atom stereocenters. The van der Waals surface area contributed by atoms with Gasteiger partial charge in [-0.25, -0.2) is 0 Å². The van der Waals surface area contributed by atoms with E-state index >= 15 is 0 Å². The maximum absolute atomic E-state index is 9.91. The van der Waals surface area contributed by atoms with Gasteiger partial charge in [-0.05, 0) is 51.5 Å². The maximum Gasteiger partial charge on any atom is 0.126 e. The summed E-state index contributed by atoms with van der Waals surface area (Å²) >= 11 is 0. The average molecular weight is 245 g/mol. The number of aryl methyl sites for hydroxylation is 2. The first kappa shape index (κ1) is 12.6. The van der Waals surface area contributed by atoms with E-state index in [1.165, 1.54) is 0 Å². The molecule has 2 aromatic rings. The third kappa shape index (κ3) is 2.35. The molecule has 0 radical (unpaired) electrons. The Balaban J connectivity index is 2.22. The van der Waals surface area contributed by atoms with Crippen molar-refractivity contribution in [2.45, 2.75) is 33.7 Å². The van der Waals surface area contributed by atoms with Gasteiger partial charge in [-0.2, -0.15) is 0 Å². The smallest absolute Gasteiger partial charge is 0.126 e. The van der Waals surface area contributed by atoms with Crippen LogP contribution >= 0.6 is 0 Å². The van der Waals surface area contributed by atoms with Crippen LogP contribution in [0.15, 0.2) is 28.7 Å². The van der Waals surface area contributed by atoms with Gasteiger partial charge in [0.2, 0.25) is 0 Å². The van der Waals surface area contributed by atoms with Crippen molar-refractivity contribution in [1.82, 2.24) is 0 Å². The quantitative estimate of drug-likeness (QED) is 0.856. The van der Waals surface area contributed by atoms with Crippen molar-refractivity contribution >= 4 is 5.69 Å². The van der Waals surface area contributed by atoms with Gasteiger partial charge in [-0.15, -0.1) is 0 Å². The maximum atomic E-state index is 9.91. The van der Waals surface area contributed by atoms with Gasteiger partial charge in [0.25, 0.3) is 0 Å². The fourth-order valence-corrected chi connectivity index (χ4v) is 1.98. The second-order valence-corrected chi connectivity index (χ2v) is 4.72. The number of rotatable bonds is 3. The molecule has 0 amide bonds. The molecular weight excluding hydrogens is 226 g/mol. The SMILES string of the molecule is Cc1ccc(C(C)Nc2ccc(C)c(O)c2C)o1. The van der Waals surface area contributed by atoms with E-state index in [4.69, 9.17) is 4.42 Å². The lowest BCUT2D eigenvalue weighted by Crippen LogP contribution is -2.07. The molecule has 3 nitrogen and oxygen atoms in total. The third-order valence-corrected chi connectivity index (χ3v) is 3.19. The molecule has 0 bridgehead atoms. The van der Waals surface area contributed by atoms with Crippen molar-refractivity contribution in [3.05, 3.63) is 46.9 Å². The van der Waals surface area contributed by atoms with E-state index in [9.17, 15) is 5.11 Å². The molecule has 0 aliphatic rings. The molecule has 2 N–H and O–H groups in total. The molecular formula is C15H19NO2. The van der Waals surface area contributed by atoms with Crippen LogP contribution in [0.2, 0.25) is 0 Å². The standard InChI is InChI=1S/C15H19NO2/c1-9-5-7-13(11(3)15(9)17)16-12(4)14-8-6-10(2)18-14/h5-8,12,16-17H,1-4H3. The van der Waals surface area contributed by atoms with Crippen LogP contribution in [0.5, 0.6) is 5.75 Å². The summed E-state index contributed by atoms with van der Waals surface area (Å²) in [6, 6.07) is 7.88. The van der Waals surface area contributed by atoms with Crippen molar-refractivity contribution in [2.24, 2.45) is 0 Å². The number of benzene rings is 1. The second-order valence-electron chi connectivity index (χ2n) is 4.72. The summed E-state index contributed by atoms with van der Waals surface area (Å²) in [7, 11) is 0. The van der Waals surface area contributed by atoms with E-state index in [1.54, 1.807) is 0 Å². The summed E-state index contributed by atoms with van der Waals surface area (Å²) in [5.74, 6) is 2.15. The molecule has 0 spiro atoms. The van der Waals surface area contributed by atoms with Gasteiger partial charge in [-0.1, -0.05) is 6.07 Å². The highest BCUT2D eigenvalue weighted by atomic mass is 16.3. The predicted molar refractivity (Wildman–Crippen MR) is 73.1 cm³/mol. The zero-order valence-electron chi connectivity index (χ0n) is 11.2. The molecule has 1 atom stereocenters. The molecule has 0 saturated heterocycles. The Kier molecular flexibility index (Phi) is 3.32. The van der Waals surface area contributed by atoms with Crippen LogP contribution in [0.1, 0.15) is 35.6 Å². The Morgan fingerprint density at radius 1 is 1.11 bits per heavy atom. The van der Waals surface area contributed by atoms with Gasteiger partial charge in [0.1, 0.15) is 17.3 Å². The number of hydrogen-bond donors (Lipinski definition) is 2.